The van der Waals surface area contributed by atoms with Crippen molar-refractivity contribution in [1.82, 2.24) is 5.32 Å². The number of rotatable bonds is 4. The fraction of sp³-hybridized carbons (Fsp3) is 1.00. The molecular formula is C15H29NO3. The van der Waals surface area contributed by atoms with Gasteiger partial charge in [0.1, 0.15) is 0 Å². The first kappa shape index (κ1) is 15.2. The lowest BCUT2D eigenvalue weighted by Gasteiger charge is -2.36. The lowest BCUT2D eigenvalue weighted by atomic mass is 9.81. The van der Waals surface area contributed by atoms with Crippen molar-refractivity contribution in [2.75, 3.05) is 7.11 Å². The van der Waals surface area contributed by atoms with Crippen LogP contribution in [0, 0.1) is 5.92 Å². The fourth-order valence-corrected chi connectivity index (χ4v) is 3.61. The van der Waals surface area contributed by atoms with E-state index in [1.165, 1.54) is 0 Å². The molecule has 2 rings (SSSR count). The standard InChI is InChI=1S/C15H29NO3/c1-10-3-7-13(17)12(16-10)6-4-11-5-8-15(19-2)14(18)9-11/h10-18H,3-9H2,1-2H3. The largest absolute Gasteiger partial charge is 0.392 e. The molecule has 3 N–H and O–H groups in total. The highest BCUT2D eigenvalue weighted by atomic mass is 16.5. The number of aliphatic hydroxyl groups is 2. The second-order valence-corrected chi connectivity index (χ2v) is 6.42. The molecule has 1 aliphatic carbocycles. The van der Waals surface area contributed by atoms with Gasteiger partial charge in [-0.25, -0.2) is 0 Å². The van der Waals surface area contributed by atoms with Gasteiger partial charge < -0.3 is 20.3 Å². The van der Waals surface area contributed by atoms with Crippen molar-refractivity contribution < 1.29 is 14.9 Å². The summed E-state index contributed by atoms with van der Waals surface area (Å²) in [4.78, 5) is 0. The minimum Gasteiger partial charge on any atom is -0.392 e. The maximum Gasteiger partial charge on any atom is 0.0830 e. The maximum absolute atomic E-state index is 10.0. The molecule has 0 aromatic rings. The summed E-state index contributed by atoms with van der Waals surface area (Å²) in [6, 6.07) is 0.754. The Morgan fingerprint density at radius 3 is 2.53 bits per heavy atom. The van der Waals surface area contributed by atoms with Crippen LogP contribution < -0.4 is 5.32 Å². The zero-order valence-electron chi connectivity index (χ0n) is 12.2. The van der Waals surface area contributed by atoms with Gasteiger partial charge in [0.15, 0.2) is 0 Å². The van der Waals surface area contributed by atoms with Gasteiger partial charge in [-0.2, -0.15) is 0 Å². The Labute approximate surface area is 116 Å². The van der Waals surface area contributed by atoms with E-state index in [4.69, 9.17) is 4.74 Å². The van der Waals surface area contributed by atoms with Crippen LogP contribution >= 0.6 is 0 Å². The number of nitrogens with one attached hydrogen (secondary N) is 1. The highest BCUT2D eigenvalue weighted by Gasteiger charge is 2.31. The lowest BCUT2D eigenvalue weighted by molar-refractivity contribution is -0.0516. The van der Waals surface area contributed by atoms with E-state index in [1.807, 2.05) is 0 Å². The van der Waals surface area contributed by atoms with Gasteiger partial charge in [0.2, 0.25) is 0 Å². The normalized spacial score (nSPS) is 44.2. The lowest BCUT2D eigenvalue weighted by Crippen LogP contribution is -2.49. The molecule has 6 unspecified atom stereocenters. The average molecular weight is 271 g/mol. The van der Waals surface area contributed by atoms with Crippen LogP contribution in [0.2, 0.25) is 0 Å². The molecule has 1 heterocycles. The first-order chi connectivity index (χ1) is 9.10. The second-order valence-electron chi connectivity index (χ2n) is 6.42. The highest BCUT2D eigenvalue weighted by molar-refractivity contribution is 4.87. The second kappa shape index (κ2) is 7.02. The van der Waals surface area contributed by atoms with Gasteiger partial charge in [0, 0.05) is 19.2 Å². The number of ether oxygens (including phenoxy) is 1. The summed E-state index contributed by atoms with van der Waals surface area (Å²) in [5.74, 6) is 0.577. The summed E-state index contributed by atoms with van der Waals surface area (Å²) in [6.07, 6.45) is 6.53. The topological polar surface area (TPSA) is 61.7 Å². The molecule has 2 aliphatic rings. The minimum absolute atomic E-state index is 0.0228. The Morgan fingerprint density at radius 1 is 1.05 bits per heavy atom. The quantitative estimate of drug-likeness (QED) is 0.724. The third-order valence-corrected chi connectivity index (χ3v) is 4.91. The molecule has 0 aromatic heterocycles. The predicted molar refractivity (Wildman–Crippen MR) is 75.0 cm³/mol. The fourth-order valence-electron chi connectivity index (χ4n) is 3.61. The zero-order valence-corrected chi connectivity index (χ0v) is 12.2. The van der Waals surface area contributed by atoms with E-state index in [1.54, 1.807) is 7.11 Å². The van der Waals surface area contributed by atoms with Crippen LogP contribution in [0.3, 0.4) is 0 Å². The Balaban J connectivity index is 1.73. The van der Waals surface area contributed by atoms with Gasteiger partial charge in [-0.05, 0) is 57.8 Å². The molecule has 1 saturated carbocycles. The monoisotopic (exact) mass is 271 g/mol. The van der Waals surface area contributed by atoms with Crippen LogP contribution in [0.5, 0.6) is 0 Å². The van der Waals surface area contributed by atoms with E-state index in [-0.39, 0.29) is 24.4 Å². The van der Waals surface area contributed by atoms with Crippen molar-refractivity contribution in [1.29, 1.82) is 0 Å². The number of aliphatic hydroxyl groups excluding tert-OH is 2. The van der Waals surface area contributed by atoms with E-state index < -0.39 is 0 Å². The van der Waals surface area contributed by atoms with Crippen LogP contribution in [0.4, 0.5) is 0 Å². The molecule has 0 amide bonds. The van der Waals surface area contributed by atoms with E-state index in [9.17, 15) is 10.2 Å². The average Bonchev–Trinajstić information content (AvgIpc) is 2.40. The Hall–Kier alpha value is -0.160. The first-order valence-corrected chi connectivity index (χ1v) is 7.75. The smallest absolute Gasteiger partial charge is 0.0830 e. The van der Waals surface area contributed by atoms with Gasteiger partial charge in [-0.15, -0.1) is 0 Å². The molecular weight excluding hydrogens is 242 g/mol. The van der Waals surface area contributed by atoms with E-state index >= 15 is 0 Å². The van der Waals surface area contributed by atoms with Crippen molar-refractivity contribution in [3.05, 3.63) is 0 Å². The Morgan fingerprint density at radius 2 is 1.84 bits per heavy atom. The highest BCUT2D eigenvalue weighted by Crippen LogP contribution is 2.30. The van der Waals surface area contributed by atoms with Gasteiger partial charge in [-0.1, -0.05) is 0 Å². The molecule has 0 spiro atoms. The molecule has 112 valence electrons. The predicted octanol–water partition coefficient (Wildman–Crippen LogP) is 1.44. The van der Waals surface area contributed by atoms with Crippen molar-refractivity contribution in [2.24, 2.45) is 5.92 Å². The molecule has 2 fully saturated rings. The third kappa shape index (κ3) is 4.15. The number of hydrogen-bond acceptors (Lipinski definition) is 4. The van der Waals surface area contributed by atoms with E-state index in [0.717, 1.165) is 44.9 Å². The molecule has 1 saturated heterocycles. The summed E-state index contributed by atoms with van der Waals surface area (Å²) >= 11 is 0. The molecule has 6 atom stereocenters. The van der Waals surface area contributed by atoms with Crippen molar-refractivity contribution in [3.8, 4) is 0 Å². The third-order valence-electron chi connectivity index (χ3n) is 4.91. The van der Waals surface area contributed by atoms with Crippen molar-refractivity contribution in [2.45, 2.75) is 82.3 Å². The van der Waals surface area contributed by atoms with E-state index in [0.29, 0.717) is 12.0 Å². The van der Waals surface area contributed by atoms with Crippen molar-refractivity contribution in [3.63, 3.8) is 0 Å². The van der Waals surface area contributed by atoms with Gasteiger partial charge >= 0.3 is 0 Å². The van der Waals surface area contributed by atoms with Gasteiger partial charge in [-0.3, -0.25) is 0 Å². The number of piperidine rings is 1. The molecule has 19 heavy (non-hydrogen) atoms. The van der Waals surface area contributed by atoms with Crippen LogP contribution in [-0.4, -0.2) is 47.7 Å². The van der Waals surface area contributed by atoms with Crippen LogP contribution in [0.1, 0.15) is 51.9 Å². The van der Waals surface area contributed by atoms with E-state index in [2.05, 4.69) is 12.2 Å². The molecule has 0 bridgehead atoms. The molecule has 0 radical (unpaired) electrons. The van der Waals surface area contributed by atoms with Crippen LogP contribution in [-0.2, 0) is 4.74 Å². The van der Waals surface area contributed by atoms with Gasteiger partial charge in [0.05, 0.1) is 18.3 Å². The zero-order chi connectivity index (χ0) is 13.8. The Bertz CT molecular complexity index is 274. The summed E-state index contributed by atoms with van der Waals surface area (Å²) in [5, 5.41) is 23.5. The Kier molecular flexibility index (Phi) is 5.63. The summed E-state index contributed by atoms with van der Waals surface area (Å²) in [7, 11) is 1.68. The summed E-state index contributed by atoms with van der Waals surface area (Å²) in [6.45, 7) is 2.19. The molecule has 0 aromatic carbocycles. The molecule has 1 aliphatic heterocycles. The minimum atomic E-state index is -0.313. The van der Waals surface area contributed by atoms with Crippen molar-refractivity contribution >= 4 is 0 Å². The number of hydrogen-bond donors (Lipinski definition) is 3. The molecule has 4 nitrogen and oxygen atoms in total. The molecule has 4 heteroatoms. The van der Waals surface area contributed by atoms with Crippen LogP contribution in [0.15, 0.2) is 0 Å². The summed E-state index contributed by atoms with van der Waals surface area (Å²) in [5.41, 5.74) is 0. The van der Waals surface area contributed by atoms with Crippen LogP contribution in [0.25, 0.3) is 0 Å². The van der Waals surface area contributed by atoms with Gasteiger partial charge in [0.25, 0.3) is 0 Å². The first-order valence-electron chi connectivity index (χ1n) is 7.75. The SMILES string of the molecule is COC1CCC(CCC2NC(C)CCC2O)CC1O. The maximum atomic E-state index is 10.0. The summed E-state index contributed by atoms with van der Waals surface area (Å²) < 4.78 is 5.27. The number of methoxy groups -OCH3 is 1.